The minimum atomic E-state index is -0.765. The molecule has 1 aromatic heterocycles. The van der Waals surface area contributed by atoms with E-state index in [-0.39, 0.29) is 51.8 Å². The average molecular weight is 505 g/mol. The third-order valence-corrected chi connectivity index (χ3v) is 7.22. The number of pyridine rings is 1. The summed E-state index contributed by atoms with van der Waals surface area (Å²) in [6, 6.07) is 1.27. The molecule has 0 spiro atoms. The lowest BCUT2D eigenvalue weighted by Crippen LogP contribution is -2.49. The summed E-state index contributed by atoms with van der Waals surface area (Å²) >= 11 is 6.87. The highest BCUT2D eigenvalue weighted by Crippen LogP contribution is 2.46. The number of amides is 1. The van der Waals surface area contributed by atoms with Gasteiger partial charge in [-0.15, -0.1) is 0 Å². The number of aromatic nitrogens is 1. The molecule has 10 nitrogen and oxygen atoms in total. The molecule has 1 N–H and O–H groups in total. The summed E-state index contributed by atoms with van der Waals surface area (Å²) in [6.07, 6.45) is 3.86. The average Bonchev–Trinajstić information content (AvgIpc) is 3.48. The fourth-order valence-corrected chi connectivity index (χ4v) is 5.41. The summed E-state index contributed by atoms with van der Waals surface area (Å²) in [5, 5.41) is 15.2. The van der Waals surface area contributed by atoms with E-state index in [1.807, 2.05) is 18.7 Å². The zero-order valence-electron chi connectivity index (χ0n) is 20.2. The van der Waals surface area contributed by atoms with Crippen LogP contribution in [0.2, 0.25) is 5.02 Å². The number of ether oxygens (including phenoxy) is 1. The van der Waals surface area contributed by atoms with Crippen molar-refractivity contribution in [2.24, 2.45) is 5.92 Å². The van der Waals surface area contributed by atoms with Crippen molar-refractivity contribution >= 4 is 45.8 Å². The minimum Gasteiger partial charge on any atom is -0.462 e. The van der Waals surface area contributed by atoms with Crippen molar-refractivity contribution in [2.75, 3.05) is 24.6 Å². The summed E-state index contributed by atoms with van der Waals surface area (Å²) in [7, 11) is 0. The normalized spacial score (nSPS) is 18.1. The zero-order chi connectivity index (χ0) is 25.7. The predicted octanol–water partition coefficient (Wildman–Crippen LogP) is 3.82. The van der Waals surface area contributed by atoms with Crippen molar-refractivity contribution in [3.8, 4) is 0 Å². The smallest absolute Gasteiger partial charge is 0.343 e. The molecule has 35 heavy (non-hydrogen) atoms. The van der Waals surface area contributed by atoms with Crippen LogP contribution in [0.15, 0.2) is 17.1 Å². The maximum atomic E-state index is 13.2. The highest BCUT2D eigenvalue weighted by atomic mass is 35.5. The van der Waals surface area contributed by atoms with Crippen LogP contribution >= 0.6 is 11.6 Å². The Labute approximate surface area is 207 Å². The van der Waals surface area contributed by atoms with Crippen molar-refractivity contribution < 1.29 is 19.2 Å². The summed E-state index contributed by atoms with van der Waals surface area (Å²) in [5.41, 5.74) is -0.967. The first-order valence-corrected chi connectivity index (χ1v) is 12.1. The number of nitrogens with one attached hydrogen (secondary N) is 1. The largest absolute Gasteiger partial charge is 0.462 e. The number of hydrogen-bond acceptors (Lipinski definition) is 7. The number of carbonyl (C=O) groups is 2. The van der Waals surface area contributed by atoms with Crippen molar-refractivity contribution in [3.05, 3.63) is 43.2 Å². The van der Waals surface area contributed by atoms with Crippen molar-refractivity contribution in [2.45, 2.75) is 58.5 Å². The van der Waals surface area contributed by atoms with Crippen molar-refractivity contribution in [1.29, 1.82) is 0 Å². The van der Waals surface area contributed by atoms with E-state index in [0.29, 0.717) is 25.0 Å². The van der Waals surface area contributed by atoms with Crippen LogP contribution in [-0.2, 0) is 9.53 Å². The van der Waals surface area contributed by atoms with E-state index in [4.69, 9.17) is 16.3 Å². The first-order valence-electron chi connectivity index (χ1n) is 11.7. The number of fused-ring (bicyclic) bond motifs is 1. The molecule has 2 heterocycles. The monoisotopic (exact) mass is 504 g/mol. The number of rotatable bonds is 7. The molecule has 1 aliphatic heterocycles. The maximum Gasteiger partial charge on any atom is 0.343 e. The van der Waals surface area contributed by atoms with Crippen LogP contribution in [-0.4, -0.2) is 46.6 Å². The summed E-state index contributed by atoms with van der Waals surface area (Å²) in [4.78, 5) is 50.8. The van der Waals surface area contributed by atoms with Gasteiger partial charge in [-0.3, -0.25) is 19.7 Å². The molecule has 1 unspecified atom stereocenters. The molecule has 1 aromatic carbocycles. The fraction of sp³-hybridized carbons (Fsp3) is 0.542. The standard InChI is InChI=1S/C24H29ClN4O6/c1-5-35-23(32)17-12-28(15-6-7-15)20-16(22(17)31)10-18(29(33)34)21(19(20)25)27-9-8-14(11-27)24(3,4)26-13(2)30/h10,12,14-15H,5-9,11H2,1-4H3,(H,26,30). The molecule has 1 atom stereocenters. The van der Waals surface area contributed by atoms with Gasteiger partial charge in [0.1, 0.15) is 11.3 Å². The molecular weight excluding hydrogens is 476 g/mol. The molecule has 0 radical (unpaired) electrons. The van der Waals surface area contributed by atoms with Gasteiger partial charge in [-0.25, -0.2) is 4.79 Å². The molecule has 1 amide bonds. The third-order valence-electron chi connectivity index (χ3n) is 6.87. The van der Waals surface area contributed by atoms with Gasteiger partial charge >= 0.3 is 5.97 Å². The number of benzene rings is 1. The Kier molecular flexibility index (Phi) is 6.52. The number of nitrogens with zero attached hydrogens (tertiary/aromatic N) is 3. The SMILES string of the molecule is CCOC(=O)c1cn(C2CC2)c2c(Cl)c(N3CCC(C(C)(C)NC(C)=O)C3)c([N+](=O)[O-])cc2c1=O. The van der Waals surface area contributed by atoms with Gasteiger partial charge in [-0.05, 0) is 40.0 Å². The molecule has 1 saturated carbocycles. The molecule has 2 aliphatic rings. The molecule has 0 bridgehead atoms. The van der Waals surface area contributed by atoms with Crippen LogP contribution in [0, 0.1) is 16.0 Å². The summed E-state index contributed by atoms with van der Waals surface area (Å²) < 4.78 is 6.82. The Balaban J connectivity index is 1.88. The van der Waals surface area contributed by atoms with Crippen LogP contribution in [0.1, 0.15) is 63.4 Å². The van der Waals surface area contributed by atoms with Gasteiger partial charge in [0.15, 0.2) is 0 Å². The number of halogens is 1. The second-order valence-corrected chi connectivity index (χ2v) is 10.2. The van der Waals surface area contributed by atoms with E-state index in [1.54, 1.807) is 11.5 Å². The molecule has 2 aromatic rings. The van der Waals surface area contributed by atoms with Gasteiger partial charge in [0, 0.05) is 49.8 Å². The Bertz CT molecular complexity index is 1280. The van der Waals surface area contributed by atoms with Gasteiger partial charge in [-0.1, -0.05) is 11.6 Å². The van der Waals surface area contributed by atoms with E-state index in [9.17, 15) is 24.5 Å². The molecule has 4 rings (SSSR count). The van der Waals surface area contributed by atoms with Crippen LogP contribution in [0.3, 0.4) is 0 Å². The fourth-order valence-electron chi connectivity index (χ4n) is 4.99. The number of esters is 1. The topological polar surface area (TPSA) is 124 Å². The third kappa shape index (κ3) is 4.59. The molecule has 11 heteroatoms. The van der Waals surface area contributed by atoms with Crippen LogP contribution < -0.4 is 15.6 Å². The lowest BCUT2D eigenvalue weighted by Gasteiger charge is -2.32. The zero-order valence-corrected chi connectivity index (χ0v) is 21.0. The first kappa shape index (κ1) is 25.0. The number of nitro groups is 1. The van der Waals surface area contributed by atoms with Gasteiger partial charge in [0.2, 0.25) is 11.3 Å². The summed E-state index contributed by atoms with van der Waals surface area (Å²) in [5.74, 6) is -0.872. The quantitative estimate of drug-likeness (QED) is 0.345. The van der Waals surface area contributed by atoms with E-state index < -0.39 is 21.9 Å². The van der Waals surface area contributed by atoms with E-state index in [2.05, 4.69) is 5.32 Å². The van der Waals surface area contributed by atoms with Crippen LogP contribution in [0.5, 0.6) is 0 Å². The van der Waals surface area contributed by atoms with Gasteiger partial charge in [-0.2, -0.15) is 0 Å². The Morgan fingerprint density at radius 1 is 1.31 bits per heavy atom. The van der Waals surface area contributed by atoms with E-state index in [0.717, 1.165) is 12.8 Å². The highest BCUT2D eigenvalue weighted by molar-refractivity contribution is 6.38. The van der Waals surface area contributed by atoms with Gasteiger partial charge in [0.25, 0.3) is 5.69 Å². The number of carbonyl (C=O) groups excluding carboxylic acids is 2. The van der Waals surface area contributed by atoms with E-state index >= 15 is 0 Å². The second-order valence-electron chi connectivity index (χ2n) is 9.78. The number of nitro benzene ring substituents is 1. The van der Waals surface area contributed by atoms with Gasteiger partial charge < -0.3 is 19.5 Å². The highest BCUT2D eigenvalue weighted by Gasteiger charge is 2.39. The van der Waals surface area contributed by atoms with Crippen molar-refractivity contribution in [1.82, 2.24) is 9.88 Å². The Hall–Kier alpha value is -3.14. The van der Waals surface area contributed by atoms with Crippen LogP contribution in [0.4, 0.5) is 11.4 Å². The predicted molar refractivity (Wildman–Crippen MR) is 132 cm³/mol. The lowest BCUT2D eigenvalue weighted by atomic mass is 9.86. The van der Waals surface area contributed by atoms with E-state index in [1.165, 1.54) is 19.2 Å². The molecule has 1 aliphatic carbocycles. The number of anilines is 1. The molecule has 2 fully saturated rings. The summed E-state index contributed by atoms with van der Waals surface area (Å²) in [6.45, 7) is 8.03. The van der Waals surface area contributed by atoms with Crippen LogP contribution in [0.25, 0.3) is 10.9 Å². The second kappa shape index (κ2) is 9.14. The maximum absolute atomic E-state index is 13.2. The number of hydrogen-bond donors (Lipinski definition) is 1. The molecule has 1 saturated heterocycles. The molecular formula is C24H29ClN4O6. The molecule has 188 valence electrons. The van der Waals surface area contributed by atoms with Gasteiger partial charge in [0.05, 0.1) is 27.5 Å². The lowest BCUT2D eigenvalue weighted by molar-refractivity contribution is -0.384. The Morgan fingerprint density at radius 2 is 2.00 bits per heavy atom. The van der Waals surface area contributed by atoms with Crippen molar-refractivity contribution in [3.63, 3.8) is 0 Å². The first-order chi connectivity index (χ1) is 16.5. The minimum absolute atomic E-state index is 0.0252. The Morgan fingerprint density at radius 3 is 2.57 bits per heavy atom.